The Morgan fingerprint density at radius 3 is 2.50 bits per heavy atom. The molecule has 18 heavy (non-hydrogen) atoms. The molecule has 0 aromatic heterocycles. The maximum absolute atomic E-state index is 13.6. The number of rotatable bonds is 5. The van der Waals surface area contributed by atoms with Gasteiger partial charge in [-0.2, -0.15) is 0 Å². The minimum absolute atomic E-state index is 0.0490. The molecule has 1 aromatic rings. The van der Waals surface area contributed by atoms with Crippen LogP contribution in [0.1, 0.15) is 38.3 Å². The molecule has 0 saturated carbocycles. The van der Waals surface area contributed by atoms with E-state index in [0.29, 0.717) is 17.7 Å². The maximum Gasteiger partial charge on any atom is 0.304 e. The van der Waals surface area contributed by atoms with E-state index in [4.69, 9.17) is 9.84 Å². The van der Waals surface area contributed by atoms with Gasteiger partial charge in [-0.1, -0.05) is 20.8 Å². The van der Waals surface area contributed by atoms with Crippen molar-refractivity contribution in [3.05, 3.63) is 29.1 Å². The molecule has 3 nitrogen and oxygen atoms in total. The molecule has 0 atom stereocenters. The van der Waals surface area contributed by atoms with Gasteiger partial charge in [0.05, 0.1) is 13.5 Å². The first-order chi connectivity index (χ1) is 8.31. The smallest absolute Gasteiger partial charge is 0.304 e. The monoisotopic (exact) mass is 254 g/mol. The molecule has 100 valence electrons. The van der Waals surface area contributed by atoms with Crippen LogP contribution < -0.4 is 4.74 Å². The molecule has 4 heteroatoms. The van der Waals surface area contributed by atoms with E-state index in [1.165, 1.54) is 19.2 Å². The number of carboxylic acids is 1. The summed E-state index contributed by atoms with van der Waals surface area (Å²) in [5.41, 5.74) is 0.932. The van der Waals surface area contributed by atoms with Gasteiger partial charge in [0.25, 0.3) is 0 Å². The number of hydrogen-bond acceptors (Lipinski definition) is 2. The number of carboxylic acid groups (broad SMARTS) is 1. The largest absolute Gasteiger partial charge is 0.496 e. The summed E-state index contributed by atoms with van der Waals surface area (Å²) >= 11 is 0. The van der Waals surface area contributed by atoms with E-state index in [0.717, 1.165) is 5.56 Å². The van der Waals surface area contributed by atoms with Gasteiger partial charge in [0.2, 0.25) is 0 Å². The van der Waals surface area contributed by atoms with Crippen molar-refractivity contribution >= 4 is 5.97 Å². The fourth-order valence-corrected chi connectivity index (χ4v) is 2.24. The highest BCUT2D eigenvalue weighted by Gasteiger charge is 2.28. The zero-order valence-electron chi connectivity index (χ0n) is 11.2. The number of carbonyl (C=O) groups is 1. The molecule has 1 aromatic carbocycles. The number of hydrogen-bond donors (Lipinski definition) is 1. The molecule has 0 aliphatic carbocycles. The quantitative estimate of drug-likeness (QED) is 0.878. The predicted octanol–water partition coefficient (Wildman–Crippen LogP) is 3.15. The molecule has 0 fully saturated rings. The second-order valence-corrected chi connectivity index (χ2v) is 4.94. The van der Waals surface area contributed by atoms with Crippen LogP contribution in [0.4, 0.5) is 4.39 Å². The second-order valence-electron chi connectivity index (χ2n) is 4.94. The van der Waals surface area contributed by atoms with Crippen molar-refractivity contribution < 1.29 is 19.0 Å². The Morgan fingerprint density at radius 1 is 1.44 bits per heavy atom. The van der Waals surface area contributed by atoms with Crippen molar-refractivity contribution in [2.45, 2.75) is 39.0 Å². The van der Waals surface area contributed by atoms with Crippen molar-refractivity contribution in [3.63, 3.8) is 0 Å². The first-order valence-electron chi connectivity index (χ1n) is 5.90. The number of halogens is 1. The van der Waals surface area contributed by atoms with Gasteiger partial charge in [-0.15, -0.1) is 0 Å². The first-order valence-corrected chi connectivity index (χ1v) is 5.90. The fourth-order valence-electron chi connectivity index (χ4n) is 2.24. The minimum atomic E-state index is -0.898. The first kappa shape index (κ1) is 14.5. The Hall–Kier alpha value is -1.58. The molecule has 0 amide bonds. The van der Waals surface area contributed by atoms with Gasteiger partial charge in [0, 0.05) is 11.5 Å². The highest BCUT2D eigenvalue weighted by Crippen LogP contribution is 2.35. The van der Waals surface area contributed by atoms with Crippen LogP contribution in [0.3, 0.4) is 0 Å². The van der Waals surface area contributed by atoms with Crippen LogP contribution in [0.25, 0.3) is 0 Å². The molecule has 0 heterocycles. The van der Waals surface area contributed by atoms with Crippen molar-refractivity contribution in [1.29, 1.82) is 0 Å². The molecule has 1 rings (SSSR count). The lowest BCUT2D eigenvalue weighted by atomic mass is 9.78. The van der Waals surface area contributed by atoms with Gasteiger partial charge >= 0.3 is 5.97 Å². The number of benzene rings is 1. The Kier molecular flexibility index (Phi) is 4.33. The lowest BCUT2D eigenvalue weighted by molar-refractivity contribution is -0.138. The average molecular weight is 254 g/mol. The Labute approximate surface area is 107 Å². The SMILES string of the molecule is CCc1c(OC)cc(F)cc1C(C)(C)CC(=O)O. The summed E-state index contributed by atoms with van der Waals surface area (Å²) in [5.74, 6) is -0.825. The van der Waals surface area contributed by atoms with Crippen LogP contribution >= 0.6 is 0 Å². The van der Waals surface area contributed by atoms with Crippen molar-refractivity contribution in [2.75, 3.05) is 7.11 Å². The van der Waals surface area contributed by atoms with E-state index in [-0.39, 0.29) is 6.42 Å². The van der Waals surface area contributed by atoms with Gasteiger partial charge in [0.15, 0.2) is 0 Å². The second kappa shape index (κ2) is 5.38. The molecule has 0 bridgehead atoms. The Morgan fingerprint density at radius 2 is 2.06 bits per heavy atom. The van der Waals surface area contributed by atoms with Gasteiger partial charge in [-0.05, 0) is 23.6 Å². The highest BCUT2D eigenvalue weighted by molar-refractivity contribution is 5.69. The van der Waals surface area contributed by atoms with Crippen LogP contribution in [0.5, 0.6) is 5.75 Å². The Bertz CT molecular complexity index is 453. The van der Waals surface area contributed by atoms with Crippen LogP contribution in [0.15, 0.2) is 12.1 Å². The molecule has 0 unspecified atom stereocenters. The van der Waals surface area contributed by atoms with Crippen LogP contribution in [-0.2, 0) is 16.6 Å². The minimum Gasteiger partial charge on any atom is -0.496 e. The van der Waals surface area contributed by atoms with Crippen LogP contribution in [0, 0.1) is 5.82 Å². The van der Waals surface area contributed by atoms with E-state index in [9.17, 15) is 9.18 Å². The van der Waals surface area contributed by atoms with E-state index in [1.807, 2.05) is 6.92 Å². The van der Waals surface area contributed by atoms with E-state index >= 15 is 0 Å². The van der Waals surface area contributed by atoms with Crippen molar-refractivity contribution in [1.82, 2.24) is 0 Å². The number of ether oxygens (including phenoxy) is 1. The van der Waals surface area contributed by atoms with E-state index < -0.39 is 17.2 Å². The van der Waals surface area contributed by atoms with Crippen LogP contribution in [0.2, 0.25) is 0 Å². The van der Waals surface area contributed by atoms with E-state index in [2.05, 4.69) is 0 Å². The summed E-state index contributed by atoms with van der Waals surface area (Å²) in [5, 5.41) is 8.94. The summed E-state index contributed by atoms with van der Waals surface area (Å²) in [4.78, 5) is 10.9. The molecule has 0 radical (unpaired) electrons. The summed E-state index contributed by atoms with van der Waals surface area (Å²) in [6, 6.07) is 2.74. The molecule has 0 spiro atoms. The molecule has 0 aliphatic heterocycles. The van der Waals surface area contributed by atoms with Gasteiger partial charge in [-0.3, -0.25) is 4.79 Å². The summed E-state index contributed by atoms with van der Waals surface area (Å²) in [7, 11) is 1.49. The Balaban J connectivity index is 3.38. The standard InChI is InChI=1S/C14H19FO3/c1-5-10-11(14(2,3)8-13(16)17)6-9(15)7-12(10)18-4/h6-7H,5,8H2,1-4H3,(H,16,17). The van der Waals surface area contributed by atoms with Gasteiger partial charge < -0.3 is 9.84 Å². The molecular formula is C14H19FO3. The van der Waals surface area contributed by atoms with E-state index in [1.54, 1.807) is 13.8 Å². The van der Waals surface area contributed by atoms with Gasteiger partial charge in [0.1, 0.15) is 11.6 Å². The third kappa shape index (κ3) is 3.00. The molecular weight excluding hydrogens is 235 g/mol. The zero-order chi connectivity index (χ0) is 13.9. The number of methoxy groups -OCH3 is 1. The molecule has 0 saturated heterocycles. The topological polar surface area (TPSA) is 46.5 Å². The van der Waals surface area contributed by atoms with Crippen molar-refractivity contribution in [2.24, 2.45) is 0 Å². The predicted molar refractivity (Wildman–Crippen MR) is 67.6 cm³/mol. The lowest BCUT2D eigenvalue weighted by Crippen LogP contribution is -2.24. The molecule has 1 N–H and O–H groups in total. The zero-order valence-corrected chi connectivity index (χ0v) is 11.2. The number of aliphatic carboxylic acids is 1. The lowest BCUT2D eigenvalue weighted by Gasteiger charge is -2.27. The van der Waals surface area contributed by atoms with Crippen LogP contribution in [-0.4, -0.2) is 18.2 Å². The highest BCUT2D eigenvalue weighted by atomic mass is 19.1. The normalized spacial score (nSPS) is 11.4. The maximum atomic E-state index is 13.6. The average Bonchev–Trinajstić information content (AvgIpc) is 2.26. The summed E-state index contributed by atoms with van der Waals surface area (Å²) in [6.07, 6.45) is 0.619. The third-order valence-electron chi connectivity index (χ3n) is 3.07. The molecule has 0 aliphatic rings. The van der Waals surface area contributed by atoms with Gasteiger partial charge in [-0.25, -0.2) is 4.39 Å². The van der Waals surface area contributed by atoms with Crippen molar-refractivity contribution in [3.8, 4) is 5.75 Å². The fraction of sp³-hybridized carbons (Fsp3) is 0.500. The third-order valence-corrected chi connectivity index (χ3v) is 3.07. The summed E-state index contributed by atoms with van der Waals surface area (Å²) in [6.45, 7) is 5.54. The summed E-state index contributed by atoms with van der Waals surface area (Å²) < 4.78 is 18.7.